The van der Waals surface area contributed by atoms with Crippen molar-refractivity contribution in [3.8, 4) is 0 Å². The van der Waals surface area contributed by atoms with Gasteiger partial charge in [-0.1, -0.05) is 0 Å². The van der Waals surface area contributed by atoms with Gasteiger partial charge in [0.2, 0.25) is 5.91 Å². The molecule has 0 aromatic carbocycles. The van der Waals surface area contributed by atoms with Crippen molar-refractivity contribution in [3.63, 3.8) is 0 Å². The van der Waals surface area contributed by atoms with Crippen LogP contribution in [0, 0.1) is 0 Å². The summed E-state index contributed by atoms with van der Waals surface area (Å²) in [7, 11) is 1.59. The van der Waals surface area contributed by atoms with Crippen LogP contribution in [0.1, 0.15) is 13.3 Å². The van der Waals surface area contributed by atoms with Gasteiger partial charge in [0, 0.05) is 14.0 Å². The third-order valence-electron chi connectivity index (χ3n) is 0.718. The molecule has 0 aromatic rings. The maximum Gasteiger partial charge on any atom is 0.229 e. The quantitative estimate of drug-likeness (QED) is 0.382. The number of halogens is 1. The Labute approximate surface area is 60.7 Å². The summed E-state index contributed by atoms with van der Waals surface area (Å²) < 4.78 is 0. The highest BCUT2D eigenvalue weighted by Gasteiger charge is 2.00. The Hall–Kier alpha value is -0.570. The SMILES string of the molecule is CNC(=O)CC(C)=[NH2+].[Cl-]. The van der Waals surface area contributed by atoms with Gasteiger partial charge in [-0.25, -0.2) is 0 Å². The summed E-state index contributed by atoms with van der Waals surface area (Å²) in [5.41, 5.74) is 0.643. The maximum absolute atomic E-state index is 10.4. The molecule has 0 heterocycles. The van der Waals surface area contributed by atoms with Gasteiger partial charge in [0.05, 0.1) is 0 Å². The van der Waals surface area contributed by atoms with Crippen molar-refractivity contribution in [1.82, 2.24) is 5.32 Å². The molecule has 3 N–H and O–H groups in total. The molecule has 0 aliphatic rings. The number of hydrogen-bond acceptors (Lipinski definition) is 1. The minimum atomic E-state index is -0.0370. The van der Waals surface area contributed by atoms with Crippen LogP contribution >= 0.6 is 0 Å². The standard InChI is InChI=1S/C5H10N2O.ClH/c1-4(6)3-5(8)7-2;/h6H,3H2,1-2H3,(H,7,8);1H. The molecule has 0 aliphatic carbocycles. The van der Waals surface area contributed by atoms with Crippen molar-refractivity contribution in [1.29, 1.82) is 0 Å². The molecule has 0 unspecified atom stereocenters. The van der Waals surface area contributed by atoms with E-state index in [2.05, 4.69) is 5.32 Å². The predicted octanol–water partition coefficient (Wildman–Crippen LogP) is -4.65. The molecule has 54 valence electrons. The average molecular weight is 151 g/mol. The third-order valence-corrected chi connectivity index (χ3v) is 0.718. The van der Waals surface area contributed by atoms with Gasteiger partial charge < -0.3 is 17.7 Å². The van der Waals surface area contributed by atoms with Gasteiger partial charge in [0.25, 0.3) is 0 Å². The lowest BCUT2D eigenvalue weighted by atomic mass is 10.3. The van der Waals surface area contributed by atoms with E-state index >= 15 is 0 Å². The molecule has 1 amide bonds. The molecule has 0 radical (unpaired) electrons. The van der Waals surface area contributed by atoms with Crippen molar-refractivity contribution < 1.29 is 22.6 Å². The molecule has 0 rings (SSSR count). The highest BCUT2D eigenvalue weighted by atomic mass is 35.5. The lowest BCUT2D eigenvalue weighted by Crippen LogP contribution is -3.00. The van der Waals surface area contributed by atoms with Crippen LogP contribution in [0.5, 0.6) is 0 Å². The summed E-state index contributed by atoms with van der Waals surface area (Å²) >= 11 is 0. The number of nitrogens with two attached hydrogens (primary N) is 1. The van der Waals surface area contributed by atoms with Crippen LogP contribution in [-0.4, -0.2) is 18.7 Å². The Bertz CT molecular complexity index is 114. The van der Waals surface area contributed by atoms with Crippen LogP contribution in [-0.2, 0) is 4.79 Å². The van der Waals surface area contributed by atoms with Gasteiger partial charge >= 0.3 is 0 Å². The number of carbonyl (C=O) groups excluding carboxylic acids is 1. The molecule has 0 saturated heterocycles. The Morgan fingerprint density at radius 3 is 2.22 bits per heavy atom. The normalized spacial score (nSPS) is 7.33. The van der Waals surface area contributed by atoms with Crippen molar-refractivity contribution in [2.75, 3.05) is 7.05 Å². The van der Waals surface area contributed by atoms with Crippen LogP contribution in [0.4, 0.5) is 0 Å². The smallest absolute Gasteiger partial charge is 0.229 e. The molecular weight excluding hydrogens is 140 g/mol. The van der Waals surface area contributed by atoms with Crippen LogP contribution in [0.3, 0.4) is 0 Å². The number of nitrogens with one attached hydrogen (secondary N) is 1. The summed E-state index contributed by atoms with van der Waals surface area (Å²) in [5.74, 6) is -0.0370. The molecule has 3 nitrogen and oxygen atoms in total. The number of rotatable bonds is 2. The first-order chi connectivity index (χ1) is 3.66. The highest BCUT2D eigenvalue weighted by molar-refractivity contribution is 5.96. The number of carbonyl (C=O) groups is 1. The summed E-state index contributed by atoms with van der Waals surface area (Å²) in [4.78, 5) is 10.4. The zero-order valence-electron chi connectivity index (χ0n) is 5.57. The van der Waals surface area contributed by atoms with Crippen molar-refractivity contribution in [2.45, 2.75) is 13.3 Å². The van der Waals surface area contributed by atoms with Gasteiger partial charge in [-0.15, -0.1) is 0 Å². The fraction of sp³-hybridized carbons (Fsp3) is 0.600. The lowest BCUT2D eigenvalue weighted by Gasteiger charge is -1.90. The van der Waals surface area contributed by atoms with E-state index in [1.807, 2.05) is 0 Å². The van der Waals surface area contributed by atoms with Crippen molar-refractivity contribution >= 4 is 11.6 Å². The van der Waals surface area contributed by atoms with Gasteiger partial charge in [-0.3, -0.25) is 10.2 Å². The summed E-state index contributed by atoms with van der Waals surface area (Å²) in [6, 6.07) is 0. The van der Waals surface area contributed by atoms with Crippen molar-refractivity contribution in [2.24, 2.45) is 0 Å². The predicted molar refractivity (Wildman–Crippen MR) is 31.3 cm³/mol. The maximum atomic E-state index is 10.4. The van der Waals surface area contributed by atoms with Crippen LogP contribution in [0.15, 0.2) is 0 Å². The van der Waals surface area contributed by atoms with E-state index in [1.165, 1.54) is 0 Å². The first-order valence-electron chi connectivity index (χ1n) is 2.45. The van der Waals surface area contributed by atoms with Crippen LogP contribution in [0.25, 0.3) is 0 Å². The van der Waals surface area contributed by atoms with E-state index in [1.54, 1.807) is 14.0 Å². The second-order valence-corrected chi connectivity index (χ2v) is 1.70. The van der Waals surface area contributed by atoms with Crippen molar-refractivity contribution in [3.05, 3.63) is 0 Å². The molecule has 9 heavy (non-hydrogen) atoms. The number of hydrogen-bond donors (Lipinski definition) is 2. The minimum absolute atomic E-state index is 0. The zero-order chi connectivity index (χ0) is 6.57. The topological polar surface area (TPSA) is 54.7 Å². The van der Waals surface area contributed by atoms with E-state index in [9.17, 15) is 4.79 Å². The Balaban J connectivity index is 0. The zero-order valence-corrected chi connectivity index (χ0v) is 6.33. The Kier molecular flexibility index (Phi) is 6.96. The third kappa shape index (κ3) is 7.43. The van der Waals surface area contributed by atoms with Gasteiger partial charge in [-0.2, -0.15) is 0 Å². The van der Waals surface area contributed by atoms with E-state index in [0.29, 0.717) is 12.1 Å². The fourth-order valence-corrected chi connectivity index (χ4v) is 0.342. The molecule has 4 heteroatoms. The van der Waals surface area contributed by atoms with Gasteiger partial charge in [0.15, 0.2) is 5.71 Å². The molecular formula is C5H11ClN2O. The molecule has 0 aliphatic heterocycles. The first-order valence-corrected chi connectivity index (χ1v) is 2.45. The van der Waals surface area contributed by atoms with Gasteiger partial charge in [-0.05, 0) is 0 Å². The average Bonchev–Trinajstić information content (AvgIpc) is 1.65. The molecule has 0 aromatic heterocycles. The van der Waals surface area contributed by atoms with Crippen LogP contribution in [0.2, 0.25) is 0 Å². The fourth-order valence-electron chi connectivity index (χ4n) is 0.342. The largest absolute Gasteiger partial charge is 1.00 e. The first kappa shape index (κ1) is 11.3. The number of amides is 1. The Morgan fingerprint density at radius 2 is 2.11 bits per heavy atom. The minimum Gasteiger partial charge on any atom is -1.00 e. The summed E-state index contributed by atoms with van der Waals surface area (Å²) in [6.45, 7) is 1.72. The van der Waals surface area contributed by atoms with E-state index in [0.717, 1.165) is 0 Å². The van der Waals surface area contributed by atoms with E-state index in [-0.39, 0.29) is 18.3 Å². The molecule has 0 saturated carbocycles. The molecule has 0 bridgehead atoms. The second kappa shape index (κ2) is 5.56. The van der Waals surface area contributed by atoms with E-state index < -0.39 is 0 Å². The molecule has 0 atom stereocenters. The summed E-state index contributed by atoms with van der Waals surface area (Å²) in [6.07, 6.45) is 0.330. The van der Waals surface area contributed by atoms with E-state index in [4.69, 9.17) is 5.41 Å². The highest BCUT2D eigenvalue weighted by Crippen LogP contribution is 1.75. The molecule has 0 spiro atoms. The van der Waals surface area contributed by atoms with Crippen LogP contribution < -0.4 is 23.1 Å². The lowest BCUT2D eigenvalue weighted by molar-refractivity contribution is -0.126. The van der Waals surface area contributed by atoms with Gasteiger partial charge in [0.1, 0.15) is 6.42 Å². The monoisotopic (exact) mass is 150 g/mol. The molecule has 0 fully saturated rings. The second-order valence-electron chi connectivity index (χ2n) is 1.70. The summed E-state index contributed by atoms with van der Waals surface area (Å²) in [5, 5.41) is 7.68. The Morgan fingerprint density at radius 1 is 1.67 bits per heavy atom.